The Morgan fingerprint density at radius 3 is 1.50 bits per heavy atom. The minimum absolute atomic E-state index is 0.273. The van der Waals surface area contributed by atoms with Crippen LogP contribution in [0.25, 0.3) is 0 Å². The highest BCUT2D eigenvalue weighted by Gasteiger charge is 2.37. The van der Waals surface area contributed by atoms with Crippen LogP contribution in [0.5, 0.6) is 0 Å². The van der Waals surface area contributed by atoms with E-state index >= 15 is 0 Å². The molecule has 0 spiro atoms. The van der Waals surface area contributed by atoms with Crippen molar-refractivity contribution in [3.63, 3.8) is 0 Å². The second kappa shape index (κ2) is 30.5. The Hall–Kier alpha value is -1.81. The molecule has 0 aromatic heterocycles. The molecule has 0 saturated carbocycles. The lowest BCUT2D eigenvalue weighted by molar-refractivity contribution is -0.175. The molecule has 0 bridgehead atoms. The quantitative estimate of drug-likeness (QED) is 0.0279. The number of aliphatic hydroxyl groups is 4. The molecule has 0 radical (unpaired) electrons. The van der Waals surface area contributed by atoms with Crippen LogP contribution < -0.4 is 0 Å². The van der Waals surface area contributed by atoms with Gasteiger partial charge in [-0.1, -0.05) is 122 Å². The summed E-state index contributed by atoms with van der Waals surface area (Å²) in [6.07, 6.45) is 22.1. The van der Waals surface area contributed by atoms with Crippen molar-refractivity contribution < 1.29 is 44.7 Å². The van der Waals surface area contributed by atoms with E-state index in [-0.39, 0.29) is 6.42 Å². The van der Waals surface area contributed by atoms with E-state index in [2.05, 4.69) is 19.1 Å². The average Bonchev–Trinajstić information content (AvgIpc) is 3.03. The number of carbonyl (C=O) groups is 3. The van der Waals surface area contributed by atoms with Gasteiger partial charge in [0.1, 0.15) is 18.3 Å². The first-order chi connectivity index (χ1) is 22.1. The summed E-state index contributed by atoms with van der Waals surface area (Å²) in [5, 5.41) is 48.0. The fourth-order valence-electron chi connectivity index (χ4n) is 5.70. The lowest BCUT2D eigenvalue weighted by atomic mass is 9.93. The summed E-state index contributed by atoms with van der Waals surface area (Å²) in [5.41, 5.74) is 0. The van der Waals surface area contributed by atoms with Gasteiger partial charge in [0.2, 0.25) is 0 Å². The molecule has 0 aliphatic carbocycles. The van der Waals surface area contributed by atoms with Crippen LogP contribution in [0.15, 0.2) is 12.2 Å². The van der Waals surface area contributed by atoms with Gasteiger partial charge in [0, 0.05) is 6.42 Å². The number of aliphatic carboxylic acids is 1. The number of ether oxygens (including phenoxy) is 1. The van der Waals surface area contributed by atoms with E-state index in [1.807, 2.05) is 0 Å². The second-order valence-electron chi connectivity index (χ2n) is 13.0. The number of hydrogen-bond donors (Lipinski definition) is 5. The predicted molar refractivity (Wildman–Crippen MR) is 182 cm³/mol. The van der Waals surface area contributed by atoms with E-state index in [1.54, 1.807) is 0 Å². The number of ketones is 1. The van der Waals surface area contributed by atoms with Crippen LogP contribution in [0.1, 0.15) is 168 Å². The minimum atomic E-state index is -1.83. The summed E-state index contributed by atoms with van der Waals surface area (Å²) < 4.78 is 5.44. The Balaban J connectivity index is 4.49. The molecule has 9 nitrogen and oxygen atoms in total. The van der Waals surface area contributed by atoms with Gasteiger partial charge in [-0.25, -0.2) is 0 Å². The Kier molecular flexibility index (Phi) is 29.3. The number of allylic oxidation sites excluding steroid dienone is 2. The Morgan fingerprint density at radius 1 is 0.630 bits per heavy atom. The molecule has 46 heavy (non-hydrogen) atoms. The van der Waals surface area contributed by atoms with Crippen molar-refractivity contribution in [2.75, 3.05) is 6.61 Å². The van der Waals surface area contributed by atoms with Crippen LogP contribution in [0.2, 0.25) is 0 Å². The van der Waals surface area contributed by atoms with Crippen LogP contribution >= 0.6 is 0 Å². The number of esters is 1. The SMILES string of the molecule is CCCCCCCCCCC(CCCCCCCC/C=C\CCCCCCCC(=O)O)C(=O)O[C@@H](C(C)=O)[C@@H](O)[C@H](O)[C@H](O)CO. The van der Waals surface area contributed by atoms with Crippen molar-refractivity contribution in [1.29, 1.82) is 0 Å². The summed E-state index contributed by atoms with van der Waals surface area (Å²) in [6.45, 7) is 2.57. The van der Waals surface area contributed by atoms with Crippen LogP contribution in [0.3, 0.4) is 0 Å². The standard InChI is InChI=1S/C37H68O9/c1-3-4-5-6-7-17-20-23-26-31(37(45)46-36(30(2)39)35(44)34(43)32(40)29-38)27-24-21-18-15-13-11-9-8-10-12-14-16-19-22-25-28-33(41)42/h8,10,31-32,34-36,38,40,43-44H,3-7,9,11-29H2,1-2H3,(H,41,42)/b10-8-/t31?,32-,34-,35+,36+/m1/s1. The normalized spacial score (nSPS) is 15.0. The van der Waals surface area contributed by atoms with Crippen molar-refractivity contribution in [2.24, 2.45) is 5.92 Å². The van der Waals surface area contributed by atoms with Gasteiger partial charge in [-0.3, -0.25) is 14.4 Å². The molecular weight excluding hydrogens is 588 g/mol. The van der Waals surface area contributed by atoms with E-state index in [9.17, 15) is 29.7 Å². The zero-order valence-corrected chi connectivity index (χ0v) is 29.1. The van der Waals surface area contributed by atoms with Gasteiger partial charge < -0.3 is 30.3 Å². The molecule has 0 heterocycles. The lowest BCUT2D eigenvalue weighted by Gasteiger charge is -2.28. The Labute approximate surface area is 279 Å². The monoisotopic (exact) mass is 656 g/mol. The molecule has 0 amide bonds. The van der Waals surface area contributed by atoms with E-state index in [1.165, 1.54) is 32.1 Å². The molecular formula is C37H68O9. The number of carboxylic acids is 1. The van der Waals surface area contributed by atoms with Gasteiger partial charge in [0.05, 0.1) is 12.5 Å². The third kappa shape index (κ3) is 24.4. The van der Waals surface area contributed by atoms with Crippen molar-refractivity contribution in [1.82, 2.24) is 0 Å². The molecule has 0 fully saturated rings. The second-order valence-corrected chi connectivity index (χ2v) is 13.0. The van der Waals surface area contributed by atoms with Gasteiger partial charge >= 0.3 is 11.9 Å². The van der Waals surface area contributed by atoms with Crippen LogP contribution in [-0.2, 0) is 19.1 Å². The van der Waals surface area contributed by atoms with Gasteiger partial charge in [0.15, 0.2) is 11.9 Å². The van der Waals surface area contributed by atoms with Crippen molar-refractivity contribution in [2.45, 2.75) is 192 Å². The first-order valence-electron chi connectivity index (χ1n) is 18.4. The van der Waals surface area contributed by atoms with E-state index < -0.39 is 54.7 Å². The van der Waals surface area contributed by atoms with Crippen LogP contribution in [-0.4, -0.2) is 74.3 Å². The third-order valence-electron chi connectivity index (χ3n) is 8.73. The maximum atomic E-state index is 13.2. The molecule has 0 aliphatic heterocycles. The largest absolute Gasteiger partial charge is 0.481 e. The Bertz CT molecular complexity index is 785. The predicted octanol–water partition coefficient (Wildman–Crippen LogP) is 7.20. The first-order valence-corrected chi connectivity index (χ1v) is 18.4. The van der Waals surface area contributed by atoms with Gasteiger partial charge in [0.25, 0.3) is 0 Å². The molecule has 0 aromatic carbocycles. The van der Waals surface area contributed by atoms with Crippen LogP contribution in [0, 0.1) is 5.92 Å². The molecule has 0 rings (SSSR count). The number of rotatable bonds is 33. The molecule has 9 heteroatoms. The maximum absolute atomic E-state index is 13.2. The fourth-order valence-corrected chi connectivity index (χ4v) is 5.70. The number of unbranched alkanes of at least 4 members (excludes halogenated alkanes) is 18. The van der Waals surface area contributed by atoms with Crippen LogP contribution in [0.4, 0.5) is 0 Å². The third-order valence-corrected chi connectivity index (χ3v) is 8.73. The first kappa shape index (κ1) is 44.2. The van der Waals surface area contributed by atoms with E-state index in [0.29, 0.717) is 12.8 Å². The molecule has 5 atom stereocenters. The van der Waals surface area contributed by atoms with Gasteiger partial charge in [-0.15, -0.1) is 0 Å². The van der Waals surface area contributed by atoms with Crippen molar-refractivity contribution in [3.8, 4) is 0 Å². The van der Waals surface area contributed by atoms with Gasteiger partial charge in [-0.2, -0.15) is 0 Å². The smallest absolute Gasteiger partial charge is 0.309 e. The molecule has 0 aliphatic rings. The van der Waals surface area contributed by atoms with Crippen molar-refractivity contribution >= 4 is 17.7 Å². The molecule has 270 valence electrons. The maximum Gasteiger partial charge on any atom is 0.309 e. The molecule has 5 N–H and O–H groups in total. The summed E-state index contributed by atoms with van der Waals surface area (Å²) >= 11 is 0. The topological polar surface area (TPSA) is 162 Å². The van der Waals surface area contributed by atoms with Gasteiger partial charge in [-0.05, 0) is 51.9 Å². The zero-order valence-electron chi connectivity index (χ0n) is 29.1. The highest BCUT2D eigenvalue weighted by atomic mass is 16.6. The average molecular weight is 657 g/mol. The lowest BCUT2D eigenvalue weighted by Crippen LogP contribution is -2.50. The molecule has 0 aromatic rings. The highest BCUT2D eigenvalue weighted by Crippen LogP contribution is 2.23. The minimum Gasteiger partial charge on any atom is -0.481 e. The van der Waals surface area contributed by atoms with Crippen molar-refractivity contribution in [3.05, 3.63) is 12.2 Å². The number of carboxylic acid groups (broad SMARTS) is 1. The number of hydrogen-bond acceptors (Lipinski definition) is 8. The number of aliphatic hydroxyl groups excluding tert-OH is 4. The summed E-state index contributed by atoms with van der Waals surface area (Å²) in [7, 11) is 0. The number of Topliss-reactive ketones (excluding diaryl/α,β-unsaturated/α-hetero) is 1. The summed E-state index contributed by atoms with van der Waals surface area (Å²) in [5.74, 6) is -2.30. The molecule has 0 saturated heterocycles. The summed E-state index contributed by atoms with van der Waals surface area (Å²) in [4.78, 5) is 35.9. The van der Waals surface area contributed by atoms with E-state index in [4.69, 9.17) is 14.9 Å². The zero-order chi connectivity index (χ0) is 34.4. The fraction of sp³-hybridized carbons (Fsp3) is 0.865. The Morgan fingerprint density at radius 2 is 1.07 bits per heavy atom. The number of carbonyl (C=O) groups excluding carboxylic acids is 2. The highest BCUT2D eigenvalue weighted by molar-refractivity contribution is 5.84. The van der Waals surface area contributed by atoms with E-state index in [0.717, 1.165) is 110 Å². The summed E-state index contributed by atoms with van der Waals surface area (Å²) in [6, 6.07) is 0. The molecule has 1 unspecified atom stereocenters.